The van der Waals surface area contributed by atoms with Gasteiger partial charge in [0.1, 0.15) is 0 Å². The second-order valence-electron chi connectivity index (χ2n) is 3.58. The standard InChI is InChI=1S/C10H14OS/c1-7-5-6-9(12-7)10(11)8-3-2-4-8/h5-6,8,10-11H,2-4H2,1H3. The Labute approximate surface area is 77.0 Å². The van der Waals surface area contributed by atoms with Crippen LogP contribution in [-0.4, -0.2) is 5.11 Å². The van der Waals surface area contributed by atoms with Crippen molar-refractivity contribution in [2.75, 3.05) is 0 Å². The maximum atomic E-state index is 9.86. The van der Waals surface area contributed by atoms with Gasteiger partial charge < -0.3 is 5.11 Å². The molecule has 0 spiro atoms. The van der Waals surface area contributed by atoms with Gasteiger partial charge in [0.05, 0.1) is 6.10 Å². The number of rotatable bonds is 2. The van der Waals surface area contributed by atoms with E-state index in [-0.39, 0.29) is 6.10 Å². The van der Waals surface area contributed by atoms with E-state index >= 15 is 0 Å². The first-order valence-corrected chi connectivity index (χ1v) is 5.33. The van der Waals surface area contributed by atoms with Crippen molar-refractivity contribution < 1.29 is 5.11 Å². The number of aryl methyl sites for hydroxylation is 1. The second-order valence-corrected chi connectivity index (χ2v) is 4.90. The molecule has 0 aliphatic heterocycles. The quantitative estimate of drug-likeness (QED) is 0.745. The summed E-state index contributed by atoms with van der Waals surface area (Å²) in [6.45, 7) is 2.08. The molecule has 2 heteroatoms. The summed E-state index contributed by atoms with van der Waals surface area (Å²) in [5, 5.41) is 9.86. The summed E-state index contributed by atoms with van der Waals surface area (Å²) in [6, 6.07) is 4.14. The van der Waals surface area contributed by atoms with Gasteiger partial charge in [0.15, 0.2) is 0 Å². The molecule has 1 N–H and O–H groups in total. The first-order chi connectivity index (χ1) is 5.77. The Morgan fingerprint density at radius 1 is 1.50 bits per heavy atom. The van der Waals surface area contributed by atoms with E-state index < -0.39 is 0 Å². The Bertz CT molecular complexity index is 263. The van der Waals surface area contributed by atoms with Crippen LogP contribution in [0.3, 0.4) is 0 Å². The minimum Gasteiger partial charge on any atom is -0.387 e. The van der Waals surface area contributed by atoms with Gasteiger partial charge in [-0.3, -0.25) is 0 Å². The van der Waals surface area contributed by atoms with E-state index in [1.54, 1.807) is 11.3 Å². The highest BCUT2D eigenvalue weighted by Gasteiger charge is 2.27. The summed E-state index contributed by atoms with van der Waals surface area (Å²) in [6.07, 6.45) is 3.53. The summed E-state index contributed by atoms with van der Waals surface area (Å²) in [7, 11) is 0. The Kier molecular flexibility index (Phi) is 2.20. The van der Waals surface area contributed by atoms with Crippen LogP contribution in [0.15, 0.2) is 12.1 Å². The number of thiophene rings is 1. The number of aliphatic hydroxyl groups is 1. The van der Waals surface area contributed by atoms with E-state index in [9.17, 15) is 5.11 Å². The number of hydrogen-bond donors (Lipinski definition) is 1. The largest absolute Gasteiger partial charge is 0.387 e. The van der Waals surface area contributed by atoms with Gasteiger partial charge in [0, 0.05) is 9.75 Å². The molecule has 1 aliphatic rings. The molecule has 2 rings (SSSR count). The van der Waals surface area contributed by atoms with Crippen LogP contribution in [0.2, 0.25) is 0 Å². The van der Waals surface area contributed by atoms with Crippen LogP contribution in [0.4, 0.5) is 0 Å². The molecule has 1 fully saturated rings. The Morgan fingerprint density at radius 3 is 2.67 bits per heavy atom. The van der Waals surface area contributed by atoms with Crippen LogP contribution in [0.25, 0.3) is 0 Å². The molecule has 0 bridgehead atoms. The highest BCUT2D eigenvalue weighted by molar-refractivity contribution is 7.12. The lowest BCUT2D eigenvalue weighted by atomic mass is 9.81. The highest BCUT2D eigenvalue weighted by atomic mass is 32.1. The first-order valence-electron chi connectivity index (χ1n) is 4.52. The predicted molar refractivity (Wildman–Crippen MR) is 51.4 cm³/mol. The molecule has 1 nitrogen and oxygen atoms in total. The molecule has 1 aromatic heterocycles. The second kappa shape index (κ2) is 3.19. The van der Waals surface area contributed by atoms with Gasteiger partial charge >= 0.3 is 0 Å². The fraction of sp³-hybridized carbons (Fsp3) is 0.600. The lowest BCUT2D eigenvalue weighted by molar-refractivity contribution is 0.0650. The third-order valence-electron chi connectivity index (χ3n) is 2.65. The average Bonchev–Trinajstić information content (AvgIpc) is 2.31. The molecule has 1 unspecified atom stereocenters. The van der Waals surface area contributed by atoms with E-state index in [2.05, 4.69) is 19.1 Å². The first kappa shape index (κ1) is 8.27. The van der Waals surface area contributed by atoms with Crippen molar-refractivity contribution in [3.05, 3.63) is 21.9 Å². The zero-order valence-corrected chi connectivity index (χ0v) is 8.10. The van der Waals surface area contributed by atoms with Gasteiger partial charge in [-0.1, -0.05) is 6.42 Å². The summed E-state index contributed by atoms with van der Waals surface area (Å²) >= 11 is 1.72. The average molecular weight is 182 g/mol. The number of hydrogen-bond acceptors (Lipinski definition) is 2. The van der Waals surface area contributed by atoms with Crippen LogP contribution in [0, 0.1) is 12.8 Å². The van der Waals surface area contributed by atoms with Crippen molar-refractivity contribution in [2.24, 2.45) is 5.92 Å². The highest BCUT2D eigenvalue weighted by Crippen LogP contribution is 2.39. The summed E-state index contributed by atoms with van der Waals surface area (Å²) < 4.78 is 0. The van der Waals surface area contributed by atoms with Gasteiger partial charge in [-0.05, 0) is 37.8 Å². The lowest BCUT2D eigenvalue weighted by Gasteiger charge is -2.29. The molecule has 0 radical (unpaired) electrons. The van der Waals surface area contributed by atoms with E-state index in [1.807, 2.05) is 0 Å². The van der Waals surface area contributed by atoms with Crippen molar-refractivity contribution in [3.63, 3.8) is 0 Å². The third kappa shape index (κ3) is 1.41. The molecule has 0 saturated heterocycles. The Hall–Kier alpha value is -0.340. The predicted octanol–water partition coefficient (Wildman–Crippen LogP) is 2.89. The van der Waals surface area contributed by atoms with Crippen molar-refractivity contribution in [1.29, 1.82) is 0 Å². The Morgan fingerprint density at radius 2 is 2.25 bits per heavy atom. The van der Waals surface area contributed by atoms with Gasteiger partial charge in [-0.25, -0.2) is 0 Å². The van der Waals surface area contributed by atoms with Crippen LogP contribution >= 0.6 is 11.3 Å². The minimum atomic E-state index is -0.183. The molecular formula is C10H14OS. The van der Waals surface area contributed by atoms with Gasteiger partial charge in [-0.2, -0.15) is 0 Å². The third-order valence-corrected chi connectivity index (χ3v) is 3.72. The lowest BCUT2D eigenvalue weighted by Crippen LogP contribution is -2.19. The molecule has 0 amide bonds. The van der Waals surface area contributed by atoms with Crippen LogP contribution in [-0.2, 0) is 0 Å². The topological polar surface area (TPSA) is 20.2 Å². The molecule has 66 valence electrons. The van der Waals surface area contributed by atoms with Crippen LogP contribution in [0.5, 0.6) is 0 Å². The molecule has 1 aliphatic carbocycles. The summed E-state index contributed by atoms with van der Waals surface area (Å²) in [5.74, 6) is 0.544. The van der Waals surface area contributed by atoms with Gasteiger partial charge in [-0.15, -0.1) is 11.3 Å². The van der Waals surface area contributed by atoms with E-state index in [4.69, 9.17) is 0 Å². The van der Waals surface area contributed by atoms with Crippen molar-refractivity contribution in [3.8, 4) is 0 Å². The normalized spacial score (nSPS) is 20.5. The number of aliphatic hydroxyl groups excluding tert-OH is 1. The monoisotopic (exact) mass is 182 g/mol. The van der Waals surface area contributed by atoms with Crippen molar-refractivity contribution in [1.82, 2.24) is 0 Å². The zero-order valence-electron chi connectivity index (χ0n) is 7.29. The fourth-order valence-electron chi connectivity index (χ4n) is 1.60. The van der Waals surface area contributed by atoms with Crippen LogP contribution in [0.1, 0.15) is 35.1 Å². The van der Waals surface area contributed by atoms with Gasteiger partial charge in [0.2, 0.25) is 0 Å². The molecule has 1 atom stereocenters. The maximum Gasteiger partial charge on any atom is 0.0910 e. The molecule has 1 aromatic rings. The summed E-state index contributed by atoms with van der Waals surface area (Å²) in [5.41, 5.74) is 0. The molecule has 12 heavy (non-hydrogen) atoms. The minimum absolute atomic E-state index is 0.183. The SMILES string of the molecule is Cc1ccc(C(O)C2CCC2)s1. The van der Waals surface area contributed by atoms with Crippen molar-refractivity contribution >= 4 is 11.3 Å². The van der Waals surface area contributed by atoms with E-state index in [0.717, 1.165) is 4.88 Å². The van der Waals surface area contributed by atoms with Gasteiger partial charge in [0.25, 0.3) is 0 Å². The van der Waals surface area contributed by atoms with E-state index in [0.29, 0.717) is 5.92 Å². The molecule has 0 aromatic carbocycles. The zero-order chi connectivity index (χ0) is 8.55. The maximum absolute atomic E-state index is 9.86. The Balaban J connectivity index is 2.08. The molecule has 1 heterocycles. The van der Waals surface area contributed by atoms with Crippen molar-refractivity contribution in [2.45, 2.75) is 32.3 Å². The fourth-order valence-corrected chi connectivity index (χ4v) is 2.56. The summed E-state index contributed by atoms with van der Waals surface area (Å²) in [4.78, 5) is 2.44. The smallest absolute Gasteiger partial charge is 0.0910 e. The van der Waals surface area contributed by atoms with E-state index in [1.165, 1.54) is 24.1 Å². The van der Waals surface area contributed by atoms with Crippen LogP contribution < -0.4 is 0 Å². The molecular weight excluding hydrogens is 168 g/mol. The molecule has 1 saturated carbocycles.